The van der Waals surface area contributed by atoms with Gasteiger partial charge in [-0.1, -0.05) is 86.3 Å². The van der Waals surface area contributed by atoms with Gasteiger partial charge in [0, 0.05) is 21.5 Å². The third-order valence-electron chi connectivity index (χ3n) is 6.17. The maximum atomic E-state index is 6.97. The van der Waals surface area contributed by atoms with Crippen molar-refractivity contribution in [3.05, 3.63) is 81.8 Å². The van der Waals surface area contributed by atoms with Crippen molar-refractivity contribution in [2.45, 2.75) is 39.5 Å². The number of rotatable bonds is 4. The standard InChI is InChI=1S/C28H24Cl2/c1-3-7-17-11-21-15-25-26(16-22(21)12-18(17)8-4-2)28(30)24-14-20-10-6-5-9-19(20)13-23(24)27(25)29/h5-6,9-16H,3-4,7-8H2,1-2H3. The van der Waals surface area contributed by atoms with Crippen LogP contribution in [0.1, 0.15) is 37.8 Å². The van der Waals surface area contributed by atoms with Crippen LogP contribution in [0, 0.1) is 0 Å². The van der Waals surface area contributed by atoms with Gasteiger partial charge in [0.05, 0.1) is 10.0 Å². The lowest BCUT2D eigenvalue weighted by Crippen LogP contribution is -1.95. The van der Waals surface area contributed by atoms with Gasteiger partial charge in [0.2, 0.25) is 0 Å². The summed E-state index contributed by atoms with van der Waals surface area (Å²) in [6.45, 7) is 4.49. The lowest BCUT2D eigenvalue weighted by Gasteiger charge is -2.15. The highest BCUT2D eigenvalue weighted by molar-refractivity contribution is 6.48. The van der Waals surface area contributed by atoms with Gasteiger partial charge >= 0.3 is 0 Å². The normalized spacial score (nSPS) is 11.9. The molecule has 2 heteroatoms. The molecule has 0 saturated heterocycles. The number of halogens is 2. The fourth-order valence-corrected chi connectivity index (χ4v) is 5.33. The Morgan fingerprint density at radius 1 is 0.533 bits per heavy atom. The first-order valence-corrected chi connectivity index (χ1v) is 11.5. The van der Waals surface area contributed by atoms with Crippen LogP contribution in [0.2, 0.25) is 10.0 Å². The average Bonchev–Trinajstić information content (AvgIpc) is 2.76. The third-order valence-corrected chi connectivity index (χ3v) is 6.98. The summed E-state index contributed by atoms with van der Waals surface area (Å²) in [5.74, 6) is 0. The first-order valence-electron chi connectivity index (χ1n) is 10.8. The zero-order valence-corrected chi connectivity index (χ0v) is 18.9. The van der Waals surface area contributed by atoms with E-state index in [1.807, 2.05) is 0 Å². The van der Waals surface area contributed by atoms with Gasteiger partial charge in [0.15, 0.2) is 0 Å². The van der Waals surface area contributed by atoms with E-state index < -0.39 is 0 Å². The minimum Gasteiger partial charge on any atom is -0.0830 e. The van der Waals surface area contributed by atoms with Gasteiger partial charge in [-0.05, 0) is 69.8 Å². The van der Waals surface area contributed by atoms with E-state index >= 15 is 0 Å². The van der Waals surface area contributed by atoms with Crippen LogP contribution < -0.4 is 0 Å². The van der Waals surface area contributed by atoms with E-state index in [0.29, 0.717) is 0 Å². The van der Waals surface area contributed by atoms with E-state index in [1.54, 1.807) is 0 Å². The maximum Gasteiger partial charge on any atom is 0.0564 e. The molecule has 0 aliphatic rings. The highest BCUT2D eigenvalue weighted by Crippen LogP contribution is 2.42. The molecule has 0 spiro atoms. The minimum atomic E-state index is 0.784. The van der Waals surface area contributed by atoms with Crippen molar-refractivity contribution in [3.8, 4) is 0 Å². The molecule has 5 aromatic carbocycles. The highest BCUT2D eigenvalue weighted by atomic mass is 35.5. The lowest BCUT2D eigenvalue weighted by atomic mass is 9.92. The van der Waals surface area contributed by atoms with Gasteiger partial charge in [-0.2, -0.15) is 0 Å². The summed E-state index contributed by atoms with van der Waals surface area (Å²) in [6.07, 6.45) is 4.53. The van der Waals surface area contributed by atoms with E-state index in [2.05, 4.69) is 74.5 Å². The van der Waals surface area contributed by atoms with Crippen molar-refractivity contribution < 1.29 is 0 Å². The summed E-state index contributed by atoms with van der Waals surface area (Å²) in [5.41, 5.74) is 2.92. The van der Waals surface area contributed by atoms with Crippen LogP contribution in [-0.2, 0) is 12.8 Å². The predicted octanol–water partition coefficient (Wildman–Crippen LogP) is 9.51. The fraction of sp³-hybridized carbons (Fsp3) is 0.214. The van der Waals surface area contributed by atoms with Crippen molar-refractivity contribution in [1.82, 2.24) is 0 Å². The smallest absolute Gasteiger partial charge is 0.0564 e. The Morgan fingerprint density at radius 2 is 0.900 bits per heavy atom. The van der Waals surface area contributed by atoms with E-state index in [-0.39, 0.29) is 0 Å². The third kappa shape index (κ3) is 3.14. The van der Waals surface area contributed by atoms with Gasteiger partial charge in [-0.25, -0.2) is 0 Å². The molecule has 0 unspecified atom stereocenters. The number of aryl methyl sites for hydroxylation is 2. The Balaban J connectivity index is 1.87. The molecule has 0 heterocycles. The molecule has 0 amide bonds. The average molecular weight is 431 g/mol. The Morgan fingerprint density at radius 3 is 1.27 bits per heavy atom. The fourth-order valence-electron chi connectivity index (χ4n) is 4.70. The van der Waals surface area contributed by atoms with Crippen molar-refractivity contribution in [2.24, 2.45) is 0 Å². The second-order valence-corrected chi connectivity index (χ2v) is 8.99. The zero-order valence-electron chi connectivity index (χ0n) is 17.4. The molecule has 0 saturated carbocycles. The zero-order chi connectivity index (χ0) is 20.8. The summed E-state index contributed by atoms with van der Waals surface area (Å²) < 4.78 is 0. The van der Waals surface area contributed by atoms with Crippen LogP contribution in [0.15, 0.2) is 60.7 Å². The van der Waals surface area contributed by atoms with E-state index in [0.717, 1.165) is 57.3 Å². The molecule has 0 aliphatic carbocycles. The van der Waals surface area contributed by atoms with E-state index in [1.165, 1.54) is 32.7 Å². The van der Waals surface area contributed by atoms with Crippen LogP contribution >= 0.6 is 23.2 Å². The second-order valence-electron chi connectivity index (χ2n) is 8.24. The summed E-state index contributed by atoms with van der Waals surface area (Å²) >= 11 is 13.9. The largest absolute Gasteiger partial charge is 0.0830 e. The van der Waals surface area contributed by atoms with E-state index in [4.69, 9.17) is 23.2 Å². The van der Waals surface area contributed by atoms with Gasteiger partial charge in [-0.15, -0.1) is 0 Å². The summed E-state index contributed by atoms with van der Waals surface area (Å²) in [4.78, 5) is 0. The number of fused-ring (bicyclic) bond motifs is 4. The highest BCUT2D eigenvalue weighted by Gasteiger charge is 2.14. The summed E-state index contributed by atoms with van der Waals surface area (Å²) in [7, 11) is 0. The Hall–Kier alpha value is -2.28. The molecular weight excluding hydrogens is 407 g/mol. The molecule has 0 aliphatic heterocycles. The molecule has 0 nitrogen and oxygen atoms in total. The van der Waals surface area contributed by atoms with Gasteiger partial charge in [-0.3, -0.25) is 0 Å². The molecule has 0 bridgehead atoms. The molecule has 0 fully saturated rings. The second kappa shape index (κ2) is 7.76. The van der Waals surface area contributed by atoms with Gasteiger partial charge in [0.1, 0.15) is 0 Å². The number of hydrogen-bond donors (Lipinski definition) is 0. The maximum absolute atomic E-state index is 6.97. The predicted molar refractivity (Wildman–Crippen MR) is 134 cm³/mol. The summed E-state index contributed by atoms with van der Waals surface area (Å²) in [6, 6.07) is 21.8. The first kappa shape index (κ1) is 19.7. The number of hydrogen-bond acceptors (Lipinski definition) is 0. The van der Waals surface area contributed by atoms with Crippen molar-refractivity contribution in [1.29, 1.82) is 0 Å². The molecule has 0 atom stereocenters. The SMILES string of the molecule is CCCc1cc2cc3c(Cl)c4cc5ccccc5cc4c(Cl)c3cc2cc1CCC. The summed E-state index contributed by atoms with van der Waals surface area (Å²) in [5, 5.41) is 10.5. The molecule has 150 valence electrons. The van der Waals surface area contributed by atoms with Crippen LogP contribution in [0.4, 0.5) is 0 Å². The molecule has 0 aromatic heterocycles. The first-order chi connectivity index (χ1) is 14.6. The van der Waals surface area contributed by atoms with Crippen LogP contribution in [-0.4, -0.2) is 0 Å². The topological polar surface area (TPSA) is 0 Å². The minimum absolute atomic E-state index is 0.784. The van der Waals surface area contributed by atoms with Gasteiger partial charge in [0.25, 0.3) is 0 Å². The van der Waals surface area contributed by atoms with Crippen LogP contribution in [0.3, 0.4) is 0 Å². The molecule has 0 radical (unpaired) electrons. The lowest BCUT2D eigenvalue weighted by molar-refractivity contribution is 0.864. The van der Waals surface area contributed by atoms with Gasteiger partial charge < -0.3 is 0 Å². The Labute approximate surface area is 187 Å². The van der Waals surface area contributed by atoms with Crippen molar-refractivity contribution in [2.75, 3.05) is 0 Å². The molecular formula is C28H24Cl2. The molecule has 5 aromatic rings. The molecule has 5 rings (SSSR count). The van der Waals surface area contributed by atoms with Crippen molar-refractivity contribution in [3.63, 3.8) is 0 Å². The van der Waals surface area contributed by atoms with Crippen LogP contribution in [0.25, 0.3) is 43.1 Å². The van der Waals surface area contributed by atoms with Crippen LogP contribution in [0.5, 0.6) is 0 Å². The Bertz CT molecular complexity index is 1320. The monoisotopic (exact) mass is 430 g/mol. The number of benzene rings is 5. The van der Waals surface area contributed by atoms with E-state index in [9.17, 15) is 0 Å². The molecule has 0 N–H and O–H groups in total. The Kier molecular flexibility index (Phi) is 5.09. The van der Waals surface area contributed by atoms with Crippen molar-refractivity contribution >= 4 is 66.3 Å². The molecule has 30 heavy (non-hydrogen) atoms. The quantitative estimate of drug-likeness (QED) is 0.249.